The number of Topliss-reactive ketones (excluding diaryl/α,β-unsaturated/α-hetero) is 1. The molecule has 4 rings (SSSR count). The largest absolute Gasteiger partial charge is 0.507 e. The van der Waals surface area contributed by atoms with E-state index in [9.17, 15) is 14.7 Å². The molecule has 1 N–H and O–H groups in total. The lowest BCUT2D eigenvalue weighted by Gasteiger charge is -2.24. The molecule has 0 spiro atoms. The topological polar surface area (TPSA) is 66.8 Å². The fourth-order valence-corrected chi connectivity index (χ4v) is 4.77. The van der Waals surface area contributed by atoms with Crippen molar-refractivity contribution in [1.29, 1.82) is 0 Å². The molecule has 1 aliphatic rings. The van der Waals surface area contributed by atoms with Gasteiger partial charge in [-0.1, -0.05) is 30.3 Å². The molecule has 6 heteroatoms. The van der Waals surface area contributed by atoms with Crippen LogP contribution >= 0.6 is 11.3 Å². The maximum absolute atomic E-state index is 13.1. The van der Waals surface area contributed by atoms with Crippen molar-refractivity contribution in [1.82, 2.24) is 0 Å². The second-order valence-corrected chi connectivity index (χ2v) is 8.16. The highest BCUT2D eigenvalue weighted by Crippen LogP contribution is 2.44. The number of ketones is 1. The molecule has 1 aliphatic heterocycles. The average molecular weight is 420 g/mol. The number of aryl methyl sites for hydroxylation is 2. The van der Waals surface area contributed by atoms with E-state index in [0.29, 0.717) is 17.0 Å². The third kappa shape index (κ3) is 3.19. The van der Waals surface area contributed by atoms with Crippen LogP contribution in [0.5, 0.6) is 5.75 Å². The van der Waals surface area contributed by atoms with Gasteiger partial charge < -0.3 is 9.84 Å². The van der Waals surface area contributed by atoms with Crippen LogP contribution in [0, 0.1) is 13.8 Å². The van der Waals surface area contributed by atoms with Crippen LogP contribution in [0.1, 0.15) is 27.6 Å². The number of thiophene rings is 1. The SMILES string of the molecule is COc1c(C)cc(C)cc1/C(O)=C1/C(=O)C(=O)N(c2ccccc2)C1c1cccs1. The molecule has 1 atom stereocenters. The van der Waals surface area contributed by atoms with Gasteiger partial charge in [0.25, 0.3) is 11.7 Å². The first kappa shape index (κ1) is 19.9. The first-order chi connectivity index (χ1) is 14.4. The smallest absolute Gasteiger partial charge is 0.300 e. The van der Waals surface area contributed by atoms with E-state index in [4.69, 9.17) is 4.74 Å². The first-order valence-corrected chi connectivity index (χ1v) is 10.4. The van der Waals surface area contributed by atoms with Crippen LogP contribution in [0.3, 0.4) is 0 Å². The molecule has 0 radical (unpaired) electrons. The maximum atomic E-state index is 13.1. The van der Waals surface area contributed by atoms with Gasteiger partial charge in [-0.2, -0.15) is 0 Å². The number of nitrogens with zero attached hydrogens (tertiary/aromatic N) is 1. The molecule has 0 saturated carbocycles. The molecule has 30 heavy (non-hydrogen) atoms. The molecule has 1 aromatic heterocycles. The first-order valence-electron chi connectivity index (χ1n) is 9.49. The third-order valence-electron chi connectivity index (χ3n) is 5.17. The molecular weight excluding hydrogens is 398 g/mol. The van der Waals surface area contributed by atoms with Gasteiger partial charge in [-0.05, 0) is 54.6 Å². The highest BCUT2D eigenvalue weighted by atomic mass is 32.1. The number of benzene rings is 2. The summed E-state index contributed by atoms with van der Waals surface area (Å²) in [5, 5.41) is 13.2. The van der Waals surface area contributed by atoms with Crippen LogP contribution in [-0.4, -0.2) is 23.9 Å². The number of amides is 1. The second-order valence-electron chi connectivity index (χ2n) is 7.18. The lowest BCUT2D eigenvalue weighted by atomic mass is 9.96. The lowest BCUT2D eigenvalue weighted by Crippen LogP contribution is -2.29. The number of para-hydroxylation sites is 1. The van der Waals surface area contributed by atoms with E-state index in [0.717, 1.165) is 16.0 Å². The summed E-state index contributed by atoms with van der Waals surface area (Å²) in [6, 6.07) is 15.8. The van der Waals surface area contributed by atoms with Gasteiger partial charge in [0.15, 0.2) is 0 Å². The lowest BCUT2D eigenvalue weighted by molar-refractivity contribution is -0.132. The highest BCUT2D eigenvalue weighted by Gasteiger charge is 2.47. The monoisotopic (exact) mass is 419 g/mol. The quantitative estimate of drug-likeness (QED) is 0.367. The number of rotatable bonds is 4. The number of methoxy groups -OCH3 is 1. The van der Waals surface area contributed by atoms with E-state index < -0.39 is 17.7 Å². The van der Waals surface area contributed by atoms with Crippen molar-refractivity contribution in [3.63, 3.8) is 0 Å². The van der Waals surface area contributed by atoms with Crippen LogP contribution in [-0.2, 0) is 9.59 Å². The molecule has 1 saturated heterocycles. The summed E-state index contributed by atoms with van der Waals surface area (Å²) in [6.07, 6.45) is 0. The Kier molecular flexibility index (Phi) is 5.18. The van der Waals surface area contributed by atoms with Gasteiger partial charge in [-0.25, -0.2) is 0 Å². The minimum absolute atomic E-state index is 0.0644. The fraction of sp³-hybridized carbons (Fsp3) is 0.167. The van der Waals surface area contributed by atoms with Gasteiger partial charge in [0.1, 0.15) is 17.6 Å². The predicted molar refractivity (Wildman–Crippen MR) is 118 cm³/mol. The van der Waals surface area contributed by atoms with Gasteiger partial charge in [-0.15, -0.1) is 11.3 Å². The van der Waals surface area contributed by atoms with Crippen molar-refractivity contribution >= 4 is 34.5 Å². The Labute approximate surface area is 178 Å². The number of anilines is 1. The Bertz CT molecular complexity index is 1150. The normalized spacial score (nSPS) is 18.1. The summed E-state index contributed by atoms with van der Waals surface area (Å²) < 4.78 is 5.51. The Morgan fingerprint density at radius 2 is 1.80 bits per heavy atom. The number of carbonyl (C=O) groups excluding carboxylic acids is 2. The van der Waals surface area contributed by atoms with Crippen LogP contribution in [0.2, 0.25) is 0 Å². The van der Waals surface area contributed by atoms with E-state index in [1.165, 1.54) is 23.3 Å². The summed E-state index contributed by atoms with van der Waals surface area (Å²) in [7, 11) is 1.52. The molecule has 0 aliphatic carbocycles. The molecule has 1 amide bonds. The Hall–Kier alpha value is -3.38. The fourth-order valence-electron chi connectivity index (χ4n) is 3.95. The van der Waals surface area contributed by atoms with Gasteiger partial charge in [0, 0.05) is 10.6 Å². The van der Waals surface area contributed by atoms with E-state index in [2.05, 4.69) is 0 Å². The molecule has 3 aromatic rings. The van der Waals surface area contributed by atoms with Crippen molar-refractivity contribution in [2.75, 3.05) is 12.0 Å². The summed E-state index contributed by atoms with van der Waals surface area (Å²) in [5.41, 5.74) is 2.82. The van der Waals surface area contributed by atoms with Crippen molar-refractivity contribution in [2.45, 2.75) is 19.9 Å². The minimum atomic E-state index is -0.712. The Morgan fingerprint density at radius 3 is 2.43 bits per heavy atom. The number of ether oxygens (including phenoxy) is 1. The molecule has 152 valence electrons. The highest BCUT2D eigenvalue weighted by molar-refractivity contribution is 7.10. The van der Waals surface area contributed by atoms with Gasteiger partial charge >= 0.3 is 0 Å². The number of carbonyl (C=O) groups is 2. The number of hydrogen-bond donors (Lipinski definition) is 1. The molecule has 1 unspecified atom stereocenters. The average Bonchev–Trinajstić information content (AvgIpc) is 3.35. The number of hydrogen-bond acceptors (Lipinski definition) is 5. The second kappa shape index (κ2) is 7.80. The van der Waals surface area contributed by atoms with Crippen molar-refractivity contribution in [2.24, 2.45) is 0 Å². The van der Waals surface area contributed by atoms with Crippen molar-refractivity contribution < 1.29 is 19.4 Å². The predicted octanol–water partition coefficient (Wildman–Crippen LogP) is 5.00. The molecule has 2 heterocycles. The van der Waals surface area contributed by atoms with Crippen molar-refractivity contribution in [3.05, 3.63) is 87.1 Å². The van der Waals surface area contributed by atoms with E-state index in [1.807, 2.05) is 55.6 Å². The molecule has 5 nitrogen and oxygen atoms in total. The summed E-state index contributed by atoms with van der Waals surface area (Å²) >= 11 is 1.43. The van der Waals surface area contributed by atoms with Crippen LogP contribution < -0.4 is 9.64 Å². The summed E-state index contributed by atoms with van der Waals surface area (Å²) in [5.74, 6) is -1.12. The summed E-state index contributed by atoms with van der Waals surface area (Å²) in [4.78, 5) is 28.4. The summed E-state index contributed by atoms with van der Waals surface area (Å²) in [6.45, 7) is 3.78. The molecular formula is C24H21NO4S. The Balaban J connectivity index is 1.99. The third-order valence-corrected chi connectivity index (χ3v) is 6.09. The zero-order valence-corrected chi connectivity index (χ0v) is 17.7. The van der Waals surface area contributed by atoms with Gasteiger partial charge in [-0.3, -0.25) is 14.5 Å². The minimum Gasteiger partial charge on any atom is -0.507 e. The van der Waals surface area contributed by atoms with Gasteiger partial charge in [0.05, 0.1) is 18.2 Å². The zero-order chi connectivity index (χ0) is 21.4. The zero-order valence-electron chi connectivity index (χ0n) is 16.9. The van der Waals surface area contributed by atoms with E-state index >= 15 is 0 Å². The van der Waals surface area contributed by atoms with Crippen LogP contribution in [0.4, 0.5) is 5.69 Å². The molecule has 2 aromatic carbocycles. The standard InChI is InChI=1S/C24H21NO4S/c1-14-12-15(2)23(29-3)17(13-14)21(26)19-20(18-10-7-11-30-18)25(24(28)22(19)27)16-8-5-4-6-9-16/h4-13,20,26H,1-3H3/b21-19-. The van der Waals surface area contributed by atoms with Gasteiger partial charge in [0.2, 0.25) is 0 Å². The molecule has 0 bridgehead atoms. The van der Waals surface area contributed by atoms with Crippen molar-refractivity contribution in [3.8, 4) is 5.75 Å². The van der Waals surface area contributed by atoms with Crippen LogP contribution in [0.25, 0.3) is 5.76 Å². The Morgan fingerprint density at radius 1 is 1.07 bits per heavy atom. The van der Waals surface area contributed by atoms with E-state index in [1.54, 1.807) is 18.2 Å². The number of aliphatic hydroxyl groups excluding tert-OH is 1. The van der Waals surface area contributed by atoms with Crippen LogP contribution in [0.15, 0.2) is 65.6 Å². The van der Waals surface area contributed by atoms with E-state index in [-0.39, 0.29) is 11.3 Å². The number of aliphatic hydroxyl groups is 1. The maximum Gasteiger partial charge on any atom is 0.300 e. The molecule has 1 fully saturated rings.